The third kappa shape index (κ3) is 2.95. The molecule has 2 heterocycles. The zero-order valence-electron chi connectivity index (χ0n) is 13.8. The van der Waals surface area contributed by atoms with E-state index in [1.165, 1.54) is 12.1 Å². The van der Waals surface area contributed by atoms with E-state index in [2.05, 4.69) is 15.6 Å². The van der Waals surface area contributed by atoms with Crippen molar-refractivity contribution in [1.82, 2.24) is 10.3 Å². The van der Waals surface area contributed by atoms with Crippen molar-refractivity contribution in [2.75, 3.05) is 5.32 Å². The summed E-state index contributed by atoms with van der Waals surface area (Å²) in [6, 6.07) is 15.4. The monoisotopic (exact) mass is 345 g/mol. The lowest BCUT2D eigenvalue weighted by Crippen LogP contribution is -2.23. The van der Waals surface area contributed by atoms with Crippen molar-refractivity contribution >= 4 is 23.9 Å². The first-order chi connectivity index (χ1) is 12.8. The number of rotatable bonds is 4. The quantitative estimate of drug-likeness (QED) is 0.686. The molecule has 0 spiro atoms. The van der Waals surface area contributed by atoms with Gasteiger partial charge in [-0.1, -0.05) is 30.3 Å². The van der Waals surface area contributed by atoms with Crippen molar-refractivity contribution in [1.29, 1.82) is 0 Å². The highest BCUT2D eigenvalue weighted by molar-refractivity contribution is 5.85. The van der Waals surface area contributed by atoms with Gasteiger partial charge in [0.05, 0.1) is 0 Å². The Bertz CT molecular complexity index is 969. The van der Waals surface area contributed by atoms with Gasteiger partial charge in [-0.25, -0.2) is 9.37 Å². The van der Waals surface area contributed by atoms with Gasteiger partial charge in [0.2, 0.25) is 0 Å². The van der Waals surface area contributed by atoms with Crippen LogP contribution in [-0.2, 0) is 4.79 Å². The molecule has 1 aliphatic heterocycles. The summed E-state index contributed by atoms with van der Waals surface area (Å²) in [4.78, 5) is 16.2. The zero-order valence-corrected chi connectivity index (χ0v) is 13.8. The van der Waals surface area contributed by atoms with Crippen LogP contribution in [0.3, 0.4) is 0 Å². The Hall–Kier alpha value is -3.47. The summed E-state index contributed by atoms with van der Waals surface area (Å²) in [6.45, 7) is 0. The number of aldehydes is 1. The number of anilines is 2. The lowest BCUT2D eigenvalue weighted by atomic mass is 9.92. The zero-order chi connectivity index (χ0) is 17.9. The van der Waals surface area contributed by atoms with Crippen molar-refractivity contribution in [3.05, 3.63) is 83.9 Å². The van der Waals surface area contributed by atoms with Gasteiger partial charge in [0, 0.05) is 23.0 Å². The van der Waals surface area contributed by atoms with Crippen molar-refractivity contribution in [2.24, 2.45) is 0 Å². The number of carbonyl (C=O) groups is 1. The SMILES string of the molecule is O=CC1NC=Cc2c(-c3ccc(F)cc3)cnc(Nc3ccccc3)c21. The van der Waals surface area contributed by atoms with Gasteiger partial charge in [0.25, 0.3) is 0 Å². The average molecular weight is 345 g/mol. The predicted octanol–water partition coefficient (Wildman–Crippen LogP) is 4.45. The van der Waals surface area contributed by atoms with Crippen molar-refractivity contribution in [3.8, 4) is 11.1 Å². The van der Waals surface area contributed by atoms with Crippen LogP contribution >= 0.6 is 0 Å². The number of nitrogens with one attached hydrogen (secondary N) is 2. The molecule has 128 valence electrons. The fraction of sp³-hybridized carbons (Fsp3) is 0.0476. The minimum Gasteiger partial charge on any atom is -0.378 e. The van der Waals surface area contributed by atoms with Crippen LogP contribution in [0.1, 0.15) is 17.2 Å². The van der Waals surface area contributed by atoms with Gasteiger partial charge in [-0.2, -0.15) is 0 Å². The van der Waals surface area contributed by atoms with Crippen LogP contribution in [0.4, 0.5) is 15.9 Å². The Morgan fingerprint density at radius 2 is 1.85 bits per heavy atom. The summed E-state index contributed by atoms with van der Waals surface area (Å²) in [6.07, 6.45) is 6.26. The Balaban J connectivity index is 1.86. The maximum absolute atomic E-state index is 13.3. The topological polar surface area (TPSA) is 54.0 Å². The summed E-state index contributed by atoms with van der Waals surface area (Å²) in [5.41, 5.74) is 4.24. The molecule has 1 aliphatic rings. The summed E-state index contributed by atoms with van der Waals surface area (Å²) in [5, 5.41) is 6.33. The highest BCUT2D eigenvalue weighted by atomic mass is 19.1. The fourth-order valence-electron chi connectivity index (χ4n) is 3.08. The van der Waals surface area contributed by atoms with E-state index in [-0.39, 0.29) is 5.82 Å². The molecule has 5 heteroatoms. The standard InChI is InChI=1S/C21H16FN3O/c22-15-8-6-14(7-9-15)18-12-24-21(25-16-4-2-1-3-5-16)20-17(18)10-11-23-19(20)13-26/h1-13,19,23H,(H,24,25). The number of benzene rings is 2. The second-order valence-electron chi connectivity index (χ2n) is 5.96. The molecule has 4 rings (SSSR count). The summed E-state index contributed by atoms with van der Waals surface area (Å²) < 4.78 is 13.3. The number of halogens is 1. The van der Waals surface area contributed by atoms with Gasteiger partial charge in [-0.15, -0.1) is 0 Å². The molecular formula is C21H16FN3O. The molecule has 0 amide bonds. The summed E-state index contributed by atoms with van der Waals surface area (Å²) in [7, 11) is 0. The van der Waals surface area contributed by atoms with Crippen LogP contribution in [0.5, 0.6) is 0 Å². The lowest BCUT2D eigenvalue weighted by Gasteiger charge is -2.24. The van der Waals surface area contributed by atoms with Crippen molar-refractivity contribution in [2.45, 2.75) is 6.04 Å². The van der Waals surface area contributed by atoms with Crippen LogP contribution in [0, 0.1) is 5.82 Å². The smallest absolute Gasteiger partial charge is 0.146 e. The van der Waals surface area contributed by atoms with Gasteiger partial charge in [0.1, 0.15) is 24.0 Å². The van der Waals surface area contributed by atoms with E-state index in [1.807, 2.05) is 36.4 Å². The minimum atomic E-state index is -0.505. The molecular weight excluding hydrogens is 329 g/mol. The van der Waals surface area contributed by atoms with E-state index in [9.17, 15) is 9.18 Å². The molecule has 0 saturated carbocycles. The van der Waals surface area contributed by atoms with E-state index in [0.29, 0.717) is 5.82 Å². The molecule has 0 saturated heterocycles. The van der Waals surface area contributed by atoms with Crippen molar-refractivity contribution in [3.63, 3.8) is 0 Å². The molecule has 4 nitrogen and oxygen atoms in total. The Kier molecular flexibility index (Phi) is 4.19. The molecule has 1 unspecified atom stereocenters. The number of hydrogen-bond donors (Lipinski definition) is 2. The normalized spacial score (nSPS) is 15.0. The summed E-state index contributed by atoms with van der Waals surface area (Å²) >= 11 is 0. The van der Waals surface area contributed by atoms with E-state index in [1.54, 1.807) is 24.5 Å². The maximum Gasteiger partial charge on any atom is 0.146 e. The van der Waals surface area contributed by atoms with E-state index in [4.69, 9.17) is 0 Å². The molecule has 0 radical (unpaired) electrons. The van der Waals surface area contributed by atoms with Gasteiger partial charge < -0.3 is 15.4 Å². The number of pyridine rings is 1. The first-order valence-corrected chi connectivity index (χ1v) is 8.25. The van der Waals surface area contributed by atoms with E-state index >= 15 is 0 Å². The third-order valence-electron chi connectivity index (χ3n) is 4.32. The first kappa shape index (κ1) is 16.0. The average Bonchev–Trinajstić information content (AvgIpc) is 2.69. The summed E-state index contributed by atoms with van der Waals surface area (Å²) in [5.74, 6) is 0.326. The molecule has 3 aromatic rings. The van der Waals surface area contributed by atoms with Gasteiger partial charge in [-0.05, 0) is 47.7 Å². The van der Waals surface area contributed by atoms with Crippen LogP contribution in [0.25, 0.3) is 17.2 Å². The molecule has 2 N–H and O–H groups in total. The Morgan fingerprint density at radius 3 is 2.58 bits per heavy atom. The third-order valence-corrected chi connectivity index (χ3v) is 4.32. The number of para-hydroxylation sites is 1. The number of fused-ring (bicyclic) bond motifs is 1. The van der Waals surface area contributed by atoms with Gasteiger partial charge in [0.15, 0.2) is 0 Å². The highest BCUT2D eigenvalue weighted by Gasteiger charge is 2.24. The van der Waals surface area contributed by atoms with Crippen LogP contribution in [0.15, 0.2) is 67.0 Å². The molecule has 1 aromatic heterocycles. The minimum absolute atomic E-state index is 0.291. The highest BCUT2D eigenvalue weighted by Crippen LogP contribution is 2.36. The Morgan fingerprint density at radius 1 is 1.08 bits per heavy atom. The largest absolute Gasteiger partial charge is 0.378 e. The molecule has 26 heavy (non-hydrogen) atoms. The Labute approximate surface area is 150 Å². The fourth-order valence-corrected chi connectivity index (χ4v) is 3.08. The number of nitrogens with zero attached hydrogens (tertiary/aromatic N) is 1. The van der Waals surface area contributed by atoms with E-state index in [0.717, 1.165) is 34.2 Å². The van der Waals surface area contributed by atoms with Crippen LogP contribution in [0.2, 0.25) is 0 Å². The lowest BCUT2D eigenvalue weighted by molar-refractivity contribution is -0.109. The number of aromatic nitrogens is 1. The molecule has 1 atom stereocenters. The second-order valence-corrected chi connectivity index (χ2v) is 5.96. The van der Waals surface area contributed by atoms with Gasteiger partial charge in [-0.3, -0.25) is 0 Å². The predicted molar refractivity (Wildman–Crippen MR) is 100 cm³/mol. The van der Waals surface area contributed by atoms with Gasteiger partial charge >= 0.3 is 0 Å². The van der Waals surface area contributed by atoms with E-state index < -0.39 is 6.04 Å². The number of hydrogen-bond acceptors (Lipinski definition) is 4. The second kappa shape index (κ2) is 6.80. The molecule has 0 fully saturated rings. The maximum atomic E-state index is 13.3. The molecule has 0 bridgehead atoms. The van der Waals surface area contributed by atoms with Crippen LogP contribution in [-0.4, -0.2) is 11.3 Å². The number of carbonyl (C=O) groups excluding carboxylic acids is 1. The first-order valence-electron chi connectivity index (χ1n) is 8.25. The molecule has 2 aromatic carbocycles. The van der Waals surface area contributed by atoms with Crippen molar-refractivity contribution < 1.29 is 9.18 Å². The molecule has 0 aliphatic carbocycles. The van der Waals surface area contributed by atoms with Crippen LogP contribution < -0.4 is 10.6 Å².